The maximum Gasteiger partial charge on any atom is 0.120 e. The minimum atomic E-state index is 0.362. The van der Waals surface area contributed by atoms with E-state index >= 15 is 0 Å². The Bertz CT molecular complexity index is 502. The summed E-state index contributed by atoms with van der Waals surface area (Å²) in [6.45, 7) is 7.82. The minimum Gasteiger partial charge on any atom is -0.490 e. The first-order valence-electron chi connectivity index (χ1n) is 8.27. The van der Waals surface area contributed by atoms with Gasteiger partial charge in [-0.15, -0.1) is 0 Å². The van der Waals surface area contributed by atoms with Crippen molar-refractivity contribution in [1.29, 1.82) is 0 Å². The number of aliphatic imine (C=N–C) groups is 1. The molecule has 3 rings (SSSR count). The number of piperidine rings is 1. The molecular weight excluding hydrogens is 260 g/mol. The van der Waals surface area contributed by atoms with Gasteiger partial charge in [-0.3, -0.25) is 4.99 Å². The lowest BCUT2D eigenvalue weighted by atomic mass is 10.1. The summed E-state index contributed by atoms with van der Waals surface area (Å²) in [4.78, 5) is 7.11. The molecule has 114 valence electrons. The van der Waals surface area contributed by atoms with E-state index in [9.17, 15) is 0 Å². The van der Waals surface area contributed by atoms with Gasteiger partial charge in [0.2, 0.25) is 0 Å². The molecule has 2 aliphatic heterocycles. The number of rotatable bonds is 4. The molecule has 2 aliphatic rings. The number of hydrogen-bond donors (Lipinski definition) is 0. The predicted molar refractivity (Wildman–Crippen MR) is 87.4 cm³/mol. The summed E-state index contributed by atoms with van der Waals surface area (Å²) >= 11 is 0. The van der Waals surface area contributed by atoms with E-state index in [0.29, 0.717) is 12.1 Å². The Kier molecular flexibility index (Phi) is 4.59. The summed E-state index contributed by atoms with van der Waals surface area (Å²) in [5, 5.41) is 0. The molecular formula is C18H26N2O. The number of hydrogen-bond acceptors (Lipinski definition) is 3. The number of benzene rings is 1. The molecule has 0 N–H and O–H groups in total. The van der Waals surface area contributed by atoms with E-state index in [1.807, 2.05) is 0 Å². The third kappa shape index (κ3) is 3.65. The molecule has 1 aromatic carbocycles. The van der Waals surface area contributed by atoms with Crippen molar-refractivity contribution in [3.8, 4) is 5.75 Å². The molecule has 1 fully saturated rings. The second-order valence-electron chi connectivity index (χ2n) is 6.41. The molecule has 0 atom stereocenters. The number of likely N-dealkylation sites (tertiary alicyclic amines) is 1. The fraction of sp³-hybridized carbons (Fsp3) is 0.611. The van der Waals surface area contributed by atoms with Crippen LogP contribution in [-0.2, 0) is 0 Å². The van der Waals surface area contributed by atoms with E-state index in [-0.39, 0.29) is 0 Å². The van der Waals surface area contributed by atoms with E-state index in [4.69, 9.17) is 4.74 Å². The smallest absolute Gasteiger partial charge is 0.120 e. The van der Waals surface area contributed by atoms with Crippen LogP contribution in [0.15, 0.2) is 29.3 Å². The van der Waals surface area contributed by atoms with Crippen molar-refractivity contribution in [3.05, 3.63) is 29.8 Å². The van der Waals surface area contributed by atoms with Gasteiger partial charge < -0.3 is 9.64 Å². The molecule has 3 nitrogen and oxygen atoms in total. The van der Waals surface area contributed by atoms with Crippen molar-refractivity contribution >= 4 is 5.71 Å². The summed E-state index contributed by atoms with van der Waals surface area (Å²) in [5.74, 6) is 1.00. The Labute approximate surface area is 128 Å². The fourth-order valence-corrected chi connectivity index (χ4v) is 3.23. The summed E-state index contributed by atoms with van der Waals surface area (Å²) < 4.78 is 6.20. The lowest BCUT2D eigenvalue weighted by molar-refractivity contribution is 0.0843. The zero-order chi connectivity index (χ0) is 14.7. The molecule has 0 amide bonds. The SMILES string of the molecule is CC(C)N1CCC(Oc2cccc(C3=NCCC3)c2)CC1. The molecule has 0 spiro atoms. The topological polar surface area (TPSA) is 24.8 Å². The third-order valence-corrected chi connectivity index (χ3v) is 4.55. The predicted octanol–water partition coefficient (Wildman–Crippen LogP) is 3.52. The monoisotopic (exact) mass is 286 g/mol. The fourth-order valence-electron chi connectivity index (χ4n) is 3.23. The molecule has 0 saturated carbocycles. The van der Waals surface area contributed by atoms with Gasteiger partial charge in [0, 0.05) is 31.4 Å². The quantitative estimate of drug-likeness (QED) is 0.846. The van der Waals surface area contributed by atoms with E-state index < -0.39 is 0 Å². The average Bonchev–Trinajstić information content (AvgIpc) is 3.02. The summed E-state index contributed by atoms with van der Waals surface area (Å²) in [6, 6.07) is 9.13. The Morgan fingerprint density at radius 1 is 1.24 bits per heavy atom. The highest BCUT2D eigenvalue weighted by Crippen LogP contribution is 2.23. The lowest BCUT2D eigenvalue weighted by Crippen LogP contribution is -2.41. The first-order chi connectivity index (χ1) is 10.2. The second kappa shape index (κ2) is 6.61. The highest BCUT2D eigenvalue weighted by molar-refractivity contribution is 6.01. The first-order valence-corrected chi connectivity index (χ1v) is 8.27. The van der Waals surface area contributed by atoms with E-state index in [0.717, 1.165) is 44.6 Å². The highest BCUT2D eigenvalue weighted by Gasteiger charge is 2.22. The van der Waals surface area contributed by atoms with Crippen LogP contribution in [-0.4, -0.2) is 42.4 Å². The molecule has 0 radical (unpaired) electrons. The normalized spacial score (nSPS) is 20.8. The largest absolute Gasteiger partial charge is 0.490 e. The van der Waals surface area contributed by atoms with Gasteiger partial charge in [0.15, 0.2) is 0 Å². The van der Waals surface area contributed by atoms with Gasteiger partial charge in [-0.05, 0) is 57.2 Å². The van der Waals surface area contributed by atoms with Crippen LogP contribution in [0.3, 0.4) is 0 Å². The van der Waals surface area contributed by atoms with E-state index in [1.165, 1.54) is 17.7 Å². The summed E-state index contributed by atoms with van der Waals surface area (Å²) in [5.41, 5.74) is 2.49. The van der Waals surface area contributed by atoms with Gasteiger partial charge >= 0.3 is 0 Å². The zero-order valence-electron chi connectivity index (χ0n) is 13.2. The average molecular weight is 286 g/mol. The van der Waals surface area contributed by atoms with Crippen molar-refractivity contribution in [1.82, 2.24) is 4.90 Å². The zero-order valence-corrected chi connectivity index (χ0v) is 13.2. The van der Waals surface area contributed by atoms with Gasteiger partial charge in [-0.2, -0.15) is 0 Å². The number of ether oxygens (including phenoxy) is 1. The Balaban J connectivity index is 1.59. The molecule has 0 aliphatic carbocycles. The lowest BCUT2D eigenvalue weighted by Gasteiger charge is -2.34. The Morgan fingerprint density at radius 3 is 2.71 bits per heavy atom. The minimum absolute atomic E-state index is 0.362. The van der Waals surface area contributed by atoms with E-state index in [1.54, 1.807) is 0 Å². The molecule has 21 heavy (non-hydrogen) atoms. The molecule has 1 saturated heterocycles. The maximum absolute atomic E-state index is 6.20. The second-order valence-corrected chi connectivity index (χ2v) is 6.41. The van der Waals surface area contributed by atoms with Crippen molar-refractivity contribution in [2.24, 2.45) is 4.99 Å². The van der Waals surface area contributed by atoms with E-state index in [2.05, 4.69) is 48.0 Å². The Hall–Kier alpha value is -1.35. The van der Waals surface area contributed by atoms with Gasteiger partial charge in [-0.1, -0.05) is 12.1 Å². The van der Waals surface area contributed by atoms with Crippen molar-refractivity contribution in [2.45, 2.75) is 51.7 Å². The van der Waals surface area contributed by atoms with Crippen LogP contribution in [0.25, 0.3) is 0 Å². The van der Waals surface area contributed by atoms with Crippen LogP contribution in [0.2, 0.25) is 0 Å². The van der Waals surface area contributed by atoms with Gasteiger partial charge in [-0.25, -0.2) is 0 Å². The van der Waals surface area contributed by atoms with Crippen LogP contribution in [0, 0.1) is 0 Å². The van der Waals surface area contributed by atoms with Gasteiger partial charge in [0.1, 0.15) is 11.9 Å². The standard InChI is InChI=1S/C18H26N2O/c1-14(2)20-11-8-16(9-12-20)21-17-6-3-5-15(13-17)18-7-4-10-19-18/h3,5-6,13-14,16H,4,7-12H2,1-2H3. The first kappa shape index (κ1) is 14.6. The van der Waals surface area contributed by atoms with Crippen LogP contribution in [0.1, 0.15) is 45.1 Å². The van der Waals surface area contributed by atoms with Crippen LogP contribution >= 0.6 is 0 Å². The molecule has 0 aromatic heterocycles. The number of nitrogens with zero attached hydrogens (tertiary/aromatic N) is 2. The highest BCUT2D eigenvalue weighted by atomic mass is 16.5. The van der Waals surface area contributed by atoms with Gasteiger partial charge in [0.25, 0.3) is 0 Å². The van der Waals surface area contributed by atoms with Crippen LogP contribution < -0.4 is 4.74 Å². The van der Waals surface area contributed by atoms with Crippen molar-refractivity contribution in [2.75, 3.05) is 19.6 Å². The molecule has 2 heterocycles. The Morgan fingerprint density at radius 2 is 2.05 bits per heavy atom. The summed E-state index contributed by atoms with van der Waals surface area (Å²) in [7, 11) is 0. The molecule has 1 aromatic rings. The third-order valence-electron chi connectivity index (χ3n) is 4.55. The molecule has 0 bridgehead atoms. The van der Waals surface area contributed by atoms with Crippen molar-refractivity contribution in [3.63, 3.8) is 0 Å². The van der Waals surface area contributed by atoms with Gasteiger partial charge in [0.05, 0.1) is 0 Å². The van der Waals surface area contributed by atoms with Crippen LogP contribution in [0.5, 0.6) is 5.75 Å². The van der Waals surface area contributed by atoms with Crippen LogP contribution in [0.4, 0.5) is 0 Å². The van der Waals surface area contributed by atoms with Crippen molar-refractivity contribution < 1.29 is 4.74 Å². The molecule has 3 heteroatoms. The maximum atomic E-state index is 6.20. The summed E-state index contributed by atoms with van der Waals surface area (Å²) in [6.07, 6.45) is 4.91. The molecule has 0 unspecified atom stereocenters.